The van der Waals surface area contributed by atoms with Crippen molar-refractivity contribution in [3.8, 4) is 0 Å². The van der Waals surface area contributed by atoms with Crippen LogP contribution in [0.1, 0.15) is 18.3 Å². The number of nitrogens with zero attached hydrogens (tertiary/aromatic N) is 3. The Hall–Kier alpha value is -2.95. The second-order valence-corrected chi connectivity index (χ2v) is 5.15. The highest BCUT2D eigenvalue weighted by Gasteiger charge is 2.04. The molecule has 0 spiro atoms. The minimum atomic E-state index is -0.149. The monoisotopic (exact) mass is 306 g/mol. The molecule has 0 atom stereocenters. The molecule has 0 aliphatic carbocycles. The maximum absolute atomic E-state index is 12.0. The first-order chi connectivity index (χ1) is 11.3. The highest BCUT2D eigenvalue weighted by Crippen LogP contribution is 2.19. The van der Waals surface area contributed by atoms with Crippen LogP contribution in [0.2, 0.25) is 0 Å². The van der Waals surface area contributed by atoms with E-state index in [4.69, 9.17) is 0 Å². The molecule has 3 rings (SSSR count). The van der Waals surface area contributed by atoms with Crippen molar-refractivity contribution in [3.63, 3.8) is 0 Å². The lowest BCUT2D eigenvalue weighted by atomic mass is 10.0. The van der Waals surface area contributed by atoms with Gasteiger partial charge in [-0.05, 0) is 29.3 Å². The molecule has 0 saturated carbocycles. The third kappa shape index (κ3) is 3.45. The van der Waals surface area contributed by atoms with E-state index < -0.39 is 0 Å². The van der Waals surface area contributed by atoms with Crippen molar-refractivity contribution in [1.82, 2.24) is 20.1 Å². The highest BCUT2D eigenvalue weighted by atomic mass is 16.1. The largest absolute Gasteiger partial charge is 0.345 e. The molecule has 5 heteroatoms. The summed E-state index contributed by atoms with van der Waals surface area (Å²) < 4.78 is 1.90. The maximum Gasteiger partial charge on any atom is 0.244 e. The van der Waals surface area contributed by atoms with E-state index >= 15 is 0 Å². The van der Waals surface area contributed by atoms with Crippen molar-refractivity contribution < 1.29 is 4.79 Å². The summed E-state index contributed by atoms with van der Waals surface area (Å²) in [6.07, 6.45) is 5.05. The molecule has 0 radical (unpaired) electrons. The predicted octanol–water partition coefficient (Wildman–Crippen LogP) is 2.78. The quantitative estimate of drug-likeness (QED) is 0.737. The number of fused-ring (bicyclic) bond motifs is 1. The first-order valence-electron chi connectivity index (χ1n) is 7.58. The molecule has 0 saturated heterocycles. The molecule has 116 valence electrons. The minimum Gasteiger partial charge on any atom is -0.345 e. The van der Waals surface area contributed by atoms with Gasteiger partial charge in [-0.15, -0.1) is 10.2 Å². The number of rotatable bonds is 5. The van der Waals surface area contributed by atoms with Crippen LogP contribution in [0.25, 0.3) is 16.8 Å². The van der Waals surface area contributed by atoms with E-state index in [1.165, 1.54) is 0 Å². The number of carbonyl (C=O) groups excluding carboxylic acids is 1. The Kier molecular flexibility index (Phi) is 4.47. The molecule has 1 amide bonds. The zero-order valence-corrected chi connectivity index (χ0v) is 12.9. The second-order valence-electron chi connectivity index (χ2n) is 5.15. The smallest absolute Gasteiger partial charge is 0.244 e. The molecule has 0 bridgehead atoms. The average molecular weight is 306 g/mol. The molecule has 2 aromatic carbocycles. The summed E-state index contributed by atoms with van der Waals surface area (Å²) in [7, 11) is 0. The predicted molar refractivity (Wildman–Crippen MR) is 90.5 cm³/mol. The number of hydrogen-bond donors (Lipinski definition) is 1. The van der Waals surface area contributed by atoms with Gasteiger partial charge in [-0.1, -0.05) is 42.5 Å². The van der Waals surface area contributed by atoms with Crippen molar-refractivity contribution in [1.29, 1.82) is 0 Å². The van der Waals surface area contributed by atoms with Crippen molar-refractivity contribution >= 4 is 22.8 Å². The third-order valence-electron chi connectivity index (χ3n) is 3.69. The lowest BCUT2D eigenvalue weighted by Gasteiger charge is -2.04. The van der Waals surface area contributed by atoms with Gasteiger partial charge in [-0.3, -0.25) is 4.79 Å². The van der Waals surface area contributed by atoms with Crippen LogP contribution in [0.3, 0.4) is 0 Å². The molecular formula is C18H18N4O. The van der Waals surface area contributed by atoms with E-state index in [1.54, 1.807) is 12.4 Å². The molecule has 3 aromatic rings. The van der Waals surface area contributed by atoms with Crippen molar-refractivity contribution in [2.75, 3.05) is 0 Å². The number of amides is 1. The van der Waals surface area contributed by atoms with Gasteiger partial charge in [0.25, 0.3) is 0 Å². The van der Waals surface area contributed by atoms with Gasteiger partial charge < -0.3 is 9.88 Å². The fourth-order valence-electron chi connectivity index (χ4n) is 2.47. The summed E-state index contributed by atoms with van der Waals surface area (Å²) >= 11 is 0. The third-order valence-corrected chi connectivity index (χ3v) is 3.69. The Balaban J connectivity index is 1.68. The van der Waals surface area contributed by atoms with Gasteiger partial charge in [0, 0.05) is 12.6 Å². The summed E-state index contributed by atoms with van der Waals surface area (Å²) in [5, 5.41) is 13.0. The molecule has 23 heavy (non-hydrogen) atoms. The van der Waals surface area contributed by atoms with Crippen LogP contribution in [0.4, 0.5) is 0 Å². The topological polar surface area (TPSA) is 59.8 Å². The minimum absolute atomic E-state index is 0.149. The van der Waals surface area contributed by atoms with Gasteiger partial charge in [-0.25, -0.2) is 0 Å². The van der Waals surface area contributed by atoms with Crippen LogP contribution in [0.15, 0.2) is 54.9 Å². The second kappa shape index (κ2) is 6.87. The standard InChI is InChI=1S/C18H18N4O/c1-2-22-13-20-21-17(22)12-19-18(23)11-10-15-8-5-7-14-6-3-4-9-16(14)15/h3-11,13H,2,12H2,1H3,(H,19,23)/b11-10-. The summed E-state index contributed by atoms with van der Waals surface area (Å²) in [5.41, 5.74) is 1.02. The zero-order chi connectivity index (χ0) is 16.1. The number of hydrogen-bond acceptors (Lipinski definition) is 3. The van der Waals surface area contributed by atoms with E-state index in [9.17, 15) is 4.79 Å². The van der Waals surface area contributed by atoms with Crippen LogP contribution in [-0.4, -0.2) is 20.7 Å². The molecule has 0 unspecified atom stereocenters. The van der Waals surface area contributed by atoms with Gasteiger partial charge in [0.2, 0.25) is 5.91 Å². The van der Waals surface area contributed by atoms with Crippen LogP contribution in [0.5, 0.6) is 0 Å². The van der Waals surface area contributed by atoms with E-state index in [0.717, 1.165) is 28.7 Å². The van der Waals surface area contributed by atoms with Crippen molar-refractivity contribution in [2.45, 2.75) is 20.0 Å². The number of aromatic nitrogens is 3. The Bertz CT molecular complexity index is 846. The van der Waals surface area contributed by atoms with Crippen molar-refractivity contribution in [3.05, 3.63) is 66.3 Å². The molecule has 0 aliphatic rings. The normalized spacial score (nSPS) is 11.2. The summed E-state index contributed by atoms with van der Waals surface area (Å²) in [6.45, 7) is 3.16. The molecule has 5 nitrogen and oxygen atoms in total. The number of nitrogens with one attached hydrogen (secondary N) is 1. The van der Waals surface area contributed by atoms with Gasteiger partial charge >= 0.3 is 0 Å². The summed E-state index contributed by atoms with van der Waals surface area (Å²) in [5.74, 6) is 0.600. The Labute approximate surface area is 134 Å². The van der Waals surface area contributed by atoms with Gasteiger partial charge in [0.1, 0.15) is 6.33 Å². The fraction of sp³-hybridized carbons (Fsp3) is 0.167. The maximum atomic E-state index is 12.0. The molecule has 1 aromatic heterocycles. The lowest BCUT2D eigenvalue weighted by Crippen LogP contribution is -2.22. The molecule has 1 heterocycles. The van der Waals surface area contributed by atoms with E-state index in [0.29, 0.717) is 6.54 Å². The first kappa shape index (κ1) is 15.0. The Morgan fingerprint density at radius 2 is 2.04 bits per heavy atom. The summed E-state index contributed by atoms with van der Waals surface area (Å²) in [6, 6.07) is 14.2. The van der Waals surface area contributed by atoms with E-state index in [2.05, 4.69) is 33.7 Å². The SMILES string of the molecule is CCn1cnnc1CNC(=O)/C=C\c1cccc2ccccc12. The lowest BCUT2D eigenvalue weighted by molar-refractivity contribution is -0.116. The van der Waals surface area contributed by atoms with Crippen LogP contribution < -0.4 is 5.32 Å². The Morgan fingerprint density at radius 1 is 1.22 bits per heavy atom. The van der Waals surface area contributed by atoms with Crippen LogP contribution in [-0.2, 0) is 17.9 Å². The van der Waals surface area contributed by atoms with E-state index in [1.807, 2.05) is 41.8 Å². The van der Waals surface area contributed by atoms with E-state index in [-0.39, 0.29) is 5.91 Å². The zero-order valence-electron chi connectivity index (χ0n) is 12.9. The first-order valence-corrected chi connectivity index (χ1v) is 7.58. The number of benzene rings is 2. The molecule has 1 N–H and O–H groups in total. The van der Waals surface area contributed by atoms with Gasteiger partial charge in [0.05, 0.1) is 6.54 Å². The molecule has 0 fully saturated rings. The molecule has 0 aliphatic heterocycles. The summed E-state index contributed by atoms with van der Waals surface area (Å²) in [4.78, 5) is 12.0. The number of aryl methyl sites for hydroxylation is 1. The Morgan fingerprint density at radius 3 is 2.91 bits per heavy atom. The average Bonchev–Trinajstić information content (AvgIpc) is 3.05. The van der Waals surface area contributed by atoms with Gasteiger partial charge in [0.15, 0.2) is 5.82 Å². The molecular weight excluding hydrogens is 288 g/mol. The van der Waals surface area contributed by atoms with Gasteiger partial charge in [-0.2, -0.15) is 0 Å². The van der Waals surface area contributed by atoms with Crippen LogP contribution in [0, 0.1) is 0 Å². The van der Waals surface area contributed by atoms with Crippen LogP contribution >= 0.6 is 0 Å². The fourth-order valence-corrected chi connectivity index (χ4v) is 2.47. The number of carbonyl (C=O) groups is 1. The van der Waals surface area contributed by atoms with Crippen molar-refractivity contribution in [2.24, 2.45) is 0 Å². The highest BCUT2D eigenvalue weighted by molar-refractivity contribution is 5.96.